The molecule has 0 aromatic rings. The van der Waals surface area contributed by atoms with E-state index in [9.17, 15) is 4.79 Å². The van der Waals surface area contributed by atoms with Gasteiger partial charge in [-0.2, -0.15) is 0 Å². The first kappa shape index (κ1) is 9.52. The molecule has 3 nitrogen and oxygen atoms in total. The summed E-state index contributed by atoms with van der Waals surface area (Å²) in [5.74, 6) is -0.309. The van der Waals surface area contributed by atoms with Crippen LogP contribution in [0.5, 0.6) is 0 Å². The molecule has 1 unspecified atom stereocenters. The van der Waals surface area contributed by atoms with Crippen molar-refractivity contribution in [3.05, 3.63) is 0 Å². The number of carbonyl (C=O) groups excluding carboxylic acids is 1. The Balaban J connectivity index is 2.46. The normalized spacial score (nSPS) is 22.1. The molecule has 0 bridgehead atoms. The van der Waals surface area contributed by atoms with Gasteiger partial charge in [-0.1, -0.05) is 19.3 Å². The summed E-state index contributed by atoms with van der Waals surface area (Å²) in [7, 11) is 0. The van der Waals surface area contributed by atoms with Gasteiger partial charge in [-0.3, -0.25) is 4.79 Å². The third kappa shape index (κ3) is 2.21. The summed E-state index contributed by atoms with van der Waals surface area (Å²) in [6.45, 7) is -0.0833. The zero-order valence-corrected chi connectivity index (χ0v) is 7.33. The van der Waals surface area contributed by atoms with Crippen molar-refractivity contribution in [2.24, 2.45) is 17.6 Å². The molecule has 1 fully saturated rings. The fraction of sp³-hybridized carbons (Fsp3) is 0.889. The lowest BCUT2D eigenvalue weighted by Crippen LogP contribution is -2.33. The predicted octanol–water partition coefficient (Wildman–Crippen LogP) is 0.660. The Labute approximate surface area is 72.9 Å². The second kappa shape index (κ2) is 4.45. The summed E-state index contributed by atoms with van der Waals surface area (Å²) in [5, 5.41) is 8.95. The van der Waals surface area contributed by atoms with E-state index in [1.807, 2.05) is 0 Å². The zero-order chi connectivity index (χ0) is 8.97. The minimum atomic E-state index is -0.343. The molecule has 3 N–H and O–H groups in total. The smallest absolute Gasteiger partial charge is 0.223 e. The maximum atomic E-state index is 10.9. The van der Waals surface area contributed by atoms with E-state index < -0.39 is 0 Å². The number of rotatable bonds is 3. The maximum Gasteiger partial charge on any atom is 0.223 e. The van der Waals surface area contributed by atoms with E-state index in [1.54, 1.807) is 0 Å². The fourth-order valence-corrected chi connectivity index (χ4v) is 2.01. The van der Waals surface area contributed by atoms with Gasteiger partial charge in [0, 0.05) is 0 Å². The Hall–Kier alpha value is -0.570. The first-order valence-electron chi connectivity index (χ1n) is 4.66. The topological polar surface area (TPSA) is 63.3 Å². The highest BCUT2D eigenvalue weighted by Crippen LogP contribution is 2.29. The van der Waals surface area contributed by atoms with Crippen molar-refractivity contribution in [2.45, 2.75) is 32.1 Å². The standard InChI is InChI=1S/C9H17NO2/c10-9(12)8(6-11)7-4-2-1-3-5-7/h7-8,11H,1-6H2,(H2,10,12). The van der Waals surface area contributed by atoms with Crippen LogP contribution in [0.3, 0.4) is 0 Å². The van der Waals surface area contributed by atoms with Gasteiger partial charge in [0.1, 0.15) is 0 Å². The van der Waals surface area contributed by atoms with E-state index in [-0.39, 0.29) is 18.4 Å². The summed E-state index contributed by atoms with van der Waals surface area (Å²) in [5.41, 5.74) is 5.18. The highest BCUT2D eigenvalue weighted by molar-refractivity contribution is 5.77. The van der Waals surface area contributed by atoms with Crippen LogP contribution in [0.4, 0.5) is 0 Å². The molecule has 1 aliphatic carbocycles. The monoisotopic (exact) mass is 171 g/mol. The Morgan fingerprint density at radius 2 is 2.00 bits per heavy atom. The molecule has 1 aliphatic rings. The van der Waals surface area contributed by atoms with Gasteiger partial charge in [-0.05, 0) is 18.8 Å². The Morgan fingerprint density at radius 3 is 2.42 bits per heavy atom. The van der Waals surface area contributed by atoms with Gasteiger partial charge in [-0.15, -0.1) is 0 Å². The molecular formula is C9H17NO2. The van der Waals surface area contributed by atoms with E-state index in [0.717, 1.165) is 12.8 Å². The van der Waals surface area contributed by atoms with Crippen LogP contribution in [0.25, 0.3) is 0 Å². The van der Waals surface area contributed by atoms with Crippen molar-refractivity contribution in [3.63, 3.8) is 0 Å². The first-order valence-corrected chi connectivity index (χ1v) is 4.66. The van der Waals surface area contributed by atoms with Gasteiger partial charge in [0.2, 0.25) is 5.91 Å². The lowest BCUT2D eigenvalue weighted by molar-refractivity contribution is -0.125. The second-order valence-corrected chi connectivity index (χ2v) is 3.59. The molecule has 0 aromatic heterocycles. The number of hydrogen-bond acceptors (Lipinski definition) is 2. The van der Waals surface area contributed by atoms with E-state index in [1.165, 1.54) is 19.3 Å². The number of primary amides is 1. The minimum absolute atomic E-state index is 0.0833. The van der Waals surface area contributed by atoms with Gasteiger partial charge in [0.25, 0.3) is 0 Å². The molecule has 1 rings (SSSR count). The third-order valence-electron chi connectivity index (χ3n) is 2.78. The number of nitrogens with two attached hydrogens (primary N) is 1. The number of carbonyl (C=O) groups is 1. The Kier molecular flexibility index (Phi) is 3.53. The fourth-order valence-electron chi connectivity index (χ4n) is 2.01. The van der Waals surface area contributed by atoms with Crippen LogP contribution >= 0.6 is 0 Å². The van der Waals surface area contributed by atoms with Crippen LogP contribution in [-0.2, 0) is 4.79 Å². The average molecular weight is 171 g/mol. The largest absolute Gasteiger partial charge is 0.396 e. The van der Waals surface area contributed by atoms with Gasteiger partial charge in [-0.25, -0.2) is 0 Å². The SMILES string of the molecule is NC(=O)C(CO)C1CCCCC1. The molecule has 12 heavy (non-hydrogen) atoms. The van der Waals surface area contributed by atoms with Crippen LogP contribution in [0.1, 0.15) is 32.1 Å². The second-order valence-electron chi connectivity index (χ2n) is 3.59. The van der Waals surface area contributed by atoms with Crippen molar-refractivity contribution >= 4 is 5.91 Å². The third-order valence-corrected chi connectivity index (χ3v) is 2.78. The maximum absolute atomic E-state index is 10.9. The van der Waals surface area contributed by atoms with Gasteiger partial charge < -0.3 is 10.8 Å². The van der Waals surface area contributed by atoms with Crippen molar-refractivity contribution < 1.29 is 9.90 Å². The lowest BCUT2D eigenvalue weighted by Gasteiger charge is -2.26. The molecular weight excluding hydrogens is 154 g/mol. The molecule has 0 saturated heterocycles. The van der Waals surface area contributed by atoms with E-state index in [4.69, 9.17) is 10.8 Å². The van der Waals surface area contributed by atoms with Crippen molar-refractivity contribution in [2.75, 3.05) is 6.61 Å². The van der Waals surface area contributed by atoms with Gasteiger partial charge in [0.05, 0.1) is 12.5 Å². The number of hydrogen-bond donors (Lipinski definition) is 2. The van der Waals surface area contributed by atoms with Crippen LogP contribution in [0, 0.1) is 11.8 Å². The number of aliphatic hydroxyl groups excluding tert-OH is 1. The summed E-state index contributed by atoms with van der Waals surface area (Å²) in [6, 6.07) is 0. The summed E-state index contributed by atoms with van der Waals surface area (Å²) >= 11 is 0. The van der Waals surface area contributed by atoms with Crippen LogP contribution in [0.2, 0.25) is 0 Å². The average Bonchev–Trinajstić information content (AvgIpc) is 2.07. The van der Waals surface area contributed by atoms with Crippen molar-refractivity contribution in [1.29, 1.82) is 0 Å². The Bertz CT molecular complexity index is 153. The molecule has 0 aliphatic heterocycles. The molecule has 3 heteroatoms. The molecule has 1 saturated carbocycles. The van der Waals surface area contributed by atoms with Crippen LogP contribution in [-0.4, -0.2) is 17.6 Å². The molecule has 70 valence electrons. The summed E-state index contributed by atoms with van der Waals surface area (Å²) < 4.78 is 0. The number of amides is 1. The zero-order valence-electron chi connectivity index (χ0n) is 7.33. The summed E-state index contributed by atoms with van der Waals surface area (Å²) in [4.78, 5) is 10.9. The lowest BCUT2D eigenvalue weighted by atomic mass is 9.80. The van der Waals surface area contributed by atoms with E-state index >= 15 is 0 Å². The quantitative estimate of drug-likeness (QED) is 0.655. The predicted molar refractivity (Wildman–Crippen MR) is 46.3 cm³/mol. The van der Waals surface area contributed by atoms with Gasteiger partial charge >= 0.3 is 0 Å². The molecule has 0 aromatic carbocycles. The number of aliphatic hydroxyl groups is 1. The highest BCUT2D eigenvalue weighted by Gasteiger charge is 2.26. The Morgan fingerprint density at radius 1 is 1.42 bits per heavy atom. The van der Waals surface area contributed by atoms with E-state index in [2.05, 4.69) is 0 Å². The summed E-state index contributed by atoms with van der Waals surface area (Å²) in [6.07, 6.45) is 5.71. The van der Waals surface area contributed by atoms with Gasteiger partial charge in [0.15, 0.2) is 0 Å². The minimum Gasteiger partial charge on any atom is -0.396 e. The molecule has 1 atom stereocenters. The van der Waals surface area contributed by atoms with Crippen molar-refractivity contribution in [1.82, 2.24) is 0 Å². The molecule has 0 heterocycles. The molecule has 0 radical (unpaired) electrons. The van der Waals surface area contributed by atoms with Crippen LogP contribution in [0.15, 0.2) is 0 Å². The molecule has 1 amide bonds. The van der Waals surface area contributed by atoms with E-state index in [0.29, 0.717) is 5.92 Å². The molecule has 0 spiro atoms. The highest BCUT2D eigenvalue weighted by atomic mass is 16.3. The van der Waals surface area contributed by atoms with Crippen LogP contribution < -0.4 is 5.73 Å². The first-order chi connectivity index (χ1) is 5.75. The van der Waals surface area contributed by atoms with Crippen molar-refractivity contribution in [3.8, 4) is 0 Å².